The van der Waals surface area contributed by atoms with E-state index in [0.29, 0.717) is 11.8 Å². The number of halogens is 1. The fourth-order valence-electron chi connectivity index (χ4n) is 1.50. The van der Waals surface area contributed by atoms with E-state index in [1.54, 1.807) is 0 Å². The highest BCUT2D eigenvalue weighted by Gasteiger charge is 2.07. The molecular formula is C13H20BrNOS. The average Bonchev–Trinajstić information content (AvgIpc) is 2.33. The van der Waals surface area contributed by atoms with E-state index >= 15 is 0 Å². The lowest BCUT2D eigenvalue weighted by Gasteiger charge is -2.12. The van der Waals surface area contributed by atoms with Crippen LogP contribution in [0.5, 0.6) is 0 Å². The largest absolute Gasteiger partial charge is 0.314 e. The van der Waals surface area contributed by atoms with Crippen molar-refractivity contribution in [1.82, 2.24) is 5.32 Å². The smallest absolute Gasteiger partial charge is 0.0530 e. The number of rotatable bonds is 7. The molecule has 0 spiro atoms. The molecule has 1 aromatic rings. The molecule has 0 aliphatic carbocycles. The van der Waals surface area contributed by atoms with Crippen LogP contribution in [0.3, 0.4) is 0 Å². The van der Waals surface area contributed by atoms with E-state index in [4.69, 9.17) is 0 Å². The Morgan fingerprint density at radius 1 is 1.47 bits per heavy atom. The topological polar surface area (TPSA) is 29.1 Å². The minimum absolute atomic E-state index is 0.436. The molecule has 2 atom stereocenters. The Morgan fingerprint density at radius 2 is 2.24 bits per heavy atom. The summed E-state index contributed by atoms with van der Waals surface area (Å²) in [6, 6.07) is 8.17. The summed E-state index contributed by atoms with van der Waals surface area (Å²) in [5, 5.41) is 3.41. The fourth-order valence-corrected chi connectivity index (χ4v) is 3.35. The van der Waals surface area contributed by atoms with Gasteiger partial charge in [0.1, 0.15) is 0 Å². The van der Waals surface area contributed by atoms with Gasteiger partial charge in [0.2, 0.25) is 0 Å². The van der Waals surface area contributed by atoms with E-state index in [-0.39, 0.29) is 0 Å². The second-order valence-corrected chi connectivity index (χ2v) is 6.64. The highest BCUT2D eigenvalue weighted by Crippen LogP contribution is 2.15. The molecule has 0 saturated heterocycles. The van der Waals surface area contributed by atoms with Gasteiger partial charge >= 0.3 is 0 Å². The molecule has 0 aromatic heterocycles. The molecule has 0 radical (unpaired) electrons. The van der Waals surface area contributed by atoms with Crippen LogP contribution in [0.15, 0.2) is 33.6 Å². The number of hydrogen-bond acceptors (Lipinski definition) is 2. The molecule has 2 nitrogen and oxygen atoms in total. The van der Waals surface area contributed by atoms with Crippen LogP contribution in [0.4, 0.5) is 0 Å². The van der Waals surface area contributed by atoms with E-state index in [2.05, 4.69) is 35.1 Å². The molecule has 1 rings (SSSR count). The SMILES string of the molecule is CCCNC(C)CCS(=O)c1cccc(Br)c1. The van der Waals surface area contributed by atoms with Crippen molar-refractivity contribution in [3.8, 4) is 0 Å². The molecule has 4 heteroatoms. The average molecular weight is 318 g/mol. The van der Waals surface area contributed by atoms with Crippen molar-refractivity contribution in [2.75, 3.05) is 12.3 Å². The Bertz CT molecular complexity index is 370. The van der Waals surface area contributed by atoms with E-state index in [9.17, 15) is 4.21 Å². The summed E-state index contributed by atoms with van der Waals surface area (Å²) in [6.07, 6.45) is 2.08. The van der Waals surface area contributed by atoms with E-state index in [0.717, 1.165) is 28.8 Å². The van der Waals surface area contributed by atoms with Crippen molar-refractivity contribution < 1.29 is 4.21 Å². The third-order valence-electron chi connectivity index (χ3n) is 2.54. The Hall–Kier alpha value is -0.190. The van der Waals surface area contributed by atoms with Crippen molar-refractivity contribution in [3.63, 3.8) is 0 Å². The van der Waals surface area contributed by atoms with Gasteiger partial charge in [-0.2, -0.15) is 0 Å². The minimum Gasteiger partial charge on any atom is -0.314 e. The van der Waals surface area contributed by atoms with E-state index in [1.807, 2.05) is 24.3 Å². The van der Waals surface area contributed by atoms with Crippen molar-refractivity contribution in [3.05, 3.63) is 28.7 Å². The van der Waals surface area contributed by atoms with Crippen LogP contribution in [-0.4, -0.2) is 22.5 Å². The van der Waals surface area contributed by atoms with Crippen molar-refractivity contribution in [1.29, 1.82) is 0 Å². The quantitative estimate of drug-likeness (QED) is 0.835. The van der Waals surface area contributed by atoms with Gasteiger partial charge in [0.25, 0.3) is 0 Å². The van der Waals surface area contributed by atoms with Crippen LogP contribution >= 0.6 is 15.9 Å². The van der Waals surface area contributed by atoms with Gasteiger partial charge in [-0.15, -0.1) is 0 Å². The second-order valence-electron chi connectivity index (χ2n) is 4.15. The maximum atomic E-state index is 12.0. The summed E-state index contributed by atoms with van der Waals surface area (Å²) in [6.45, 7) is 5.33. The van der Waals surface area contributed by atoms with E-state index in [1.165, 1.54) is 0 Å². The third-order valence-corrected chi connectivity index (χ3v) is 4.42. The molecule has 0 aliphatic rings. The zero-order valence-corrected chi connectivity index (χ0v) is 12.8. The lowest BCUT2D eigenvalue weighted by molar-refractivity contribution is 0.533. The number of hydrogen-bond donors (Lipinski definition) is 1. The summed E-state index contributed by atoms with van der Waals surface area (Å²) in [5.41, 5.74) is 0. The summed E-state index contributed by atoms with van der Waals surface area (Å²) in [7, 11) is -0.890. The number of benzene rings is 1. The van der Waals surface area contributed by atoms with Gasteiger partial charge in [-0.05, 0) is 44.5 Å². The lowest BCUT2D eigenvalue weighted by atomic mass is 10.2. The van der Waals surface area contributed by atoms with Gasteiger partial charge in [0.05, 0.1) is 10.8 Å². The first kappa shape index (κ1) is 14.9. The lowest BCUT2D eigenvalue weighted by Crippen LogP contribution is -2.28. The van der Waals surface area contributed by atoms with Crippen molar-refractivity contribution in [2.45, 2.75) is 37.6 Å². The van der Waals surface area contributed by atoms with Gasteiger partial charge in [-0.25, -0.2) is 0 Å². The normalized spacial score (nSPS) is 14.5. The van der Waals surface area contributed by atoms with Crippen molar-refractivity contribution >= 4 is 26.7 Å². The van der Waals surface area contributed by atoms with Gasteiger partial charge in [-0.3, -0.25) is 4.21 Å². The Labute approximate surface area is 115 Å². The molecular weight excluding hydrogens is 298 g/mol. The monoisotopic (exact) mass is 317 g/mol. The highest BCUT2D eigenvalue weighted by molar-refractivity contribution is 9.10. The van der Waals surface area contributed by atoms with Crippen LogP contribution in [-0.2, 0) is 10.8 Å². The summed E-state index contributed by atoms with van der Waals surface area (Å²) in [5.74, 6) is 0.717. The fraction of sp³-hybridized carbons (Fsp3) is 0.538. The summed E-state index contributed by atoms with van der Waals surface area (Å²) >= 11 is 3.40. The maximum absolute atomic E-state index is 12.0. The minimum atomic E-state index is -0.890. The molecule has 0 heterocycles. The molecule has 0 bridgehead atoms. The van der Waals surface area contributed by atoms with E-state index < -0.39 is 10.8 Å². The molecule has 0 fully saturated rings. The molecule has 1 N–H and O–H groups in total. The molecule has 0 saturated carbocycles. The standard InChI is InChI=1S/C13H20BrNOS/c1-3-8-15-11(2)7-9-17(16)13-6-4-5-12(14)10-13/h4-6,10-11,15H,3,7-9H2,1-2H3. The molecule has 0 aliphatic heterocycles. The Balaban J connectivity index is 2.39. The number of nitrogens with one attached hydrogen (secondary N) is 1. The molecule has 1 aromatic carbocycles. The molecule has 2 unspecified atom stereocenters. The van der Waals surface area contributed by atoms with Gasteiger partial charge < -0.3 is 5.32 Å². The molecule has 96 valence electrons. The predicted octanol–water partition coefficient (Wildman–Crippen LogP) is 3.33. The van der Waals surface area contributed by atoms with Crippen LogP contribution < -0.4 is 5.32 Å². The van der Waals surface area contributed by atoms with Gasteiger partial charge in [0, 0.05) is 21.2 Å². The van der Waals surface area contributed by atoms with Crippen LogP contribution in [0.1, 0.15) is 26.7 Å². The molecule has 0 amide bonds. The zero-order chi connectivity index (χ0) is 12.7. The third kappa shape index (κ3) is 5.80. The first-order valence-corrected chi connectivity index (χ1v) is 8.12. The summed E-state index contributed by atoms with van der Waals surface area (Å²) in [4.78, 5) is 0.905. The first-order valence-electron chi connectivity index (χ1n) is 6.00. The van der Waals surface area contributed by atoms with Crippen LogP contribution in [0.2, 0.25) is 0 Å². The first-order chi connectivity index (χ1) is 8.13. The highest BCUT2D eigenvalue weighted by atomic mass is 79.9. The van der Waals surface area contributed by atoms with Crippen molar-refractivity contribution in [2.24, 2.45) is 0 Å². The van der Waals surface area contributed by atoms with Crippen LogP contribution in [0, 0.1) is 0 Å². The molecule has 17 heavy (non-hydrogen) atoms. The maximum Gasteiger partial charge on any atom is 0.0530 e. The Kier molecular flexibility index (Phi) is 7.00. The van der Waals surface area contributed by atoms with Gasteiger partial charge in [-0.1, -0.05) is 28.9 Å². The van der Waals surface area contributed by atoms with Crippen LogP contribution in [0.25, 0.3) is 0 Å². The van der Waals surface area contributed by atoms with Gasteiger partial charge in [0.15, 0.2) is 0 Å². The zero-order valence-electron chi connectivity index (χ0n) is 10.4. The Morgan fingerprint density at radius 3 is 2.88 bits per heavy atom. The predicted molar refractivity (Wildman–Crippen MR) is 77.8 cm³/mol. The summed E-state index contributed by atoms with van der Waals surface area (Å²) < 4.78 is 13.0. The second kappa shape index (κ2) is 8.01.